The molecule has 0 N–H and O–H groups in total. The second kappa shape index (κ2) is 6.53. The number of Topliss-reactive ketones (excluding diaryl/α,β-unsaturated/α-hetero) is 1. The Morgan fingerprint density at radius 3 is 2.44 bits per heavy atom. The van der Waals surface area contributed by atoms with Gasteiger partial charge in [0.05, 0.1) is 0 Å². The van der Waals surface area contributed by atoms with Crippen LogP contribution in [0.1, 0.15) is 30.1 Å². The van der Waals surface area contributed by atoms with E-state index in [1.54, 1.807) is 0 Å². The summed E-state index contributed by atoms with van der Waals surface area (Å²) in [4.78, 5) is 11.6. The normalized spacial score (nSPS) is 12.4. The zero-order valence-corrected chi connectivity index (χ0v) is 10.1. The molecular formula is C12H15FO2S. The second-order valence-electron chi connectivity index (χ2n) is 3.53. The van der Waals surface area contributed by atoms with Crippen LogP contribution in [0.3, 0.4) is 0 Å². The van der Waals surface area contributed by atoms with E-state index in [-0.39, 0.29) is 18.0 Å². The van der Waals surface area contributed by atoms with Crippen LogP contribution >= 0.6 is 0 Å². The SMILES string of the molecule is CCCS(=O)CCC(=O)c1ccc(F)cc1. The molecule has 0 aliphatic rings. The number of carbonyl (C=O) groups is 1. The van der Waals surface area contributed by atoms with Gasteiger partial charge in [0.1, 0.15) is 5.82 Å². The van der Waals surface area contributed by atoms with Crippen molar-refractivity contribution in [1.82, 2.24) is 0 Å². The minimum atomic E-state index is -0.914. The summed E-state index contributed by atoms with van der Waals surface area (Å²) in [6, 6.07) is 5.44. The largest absolute Gasteiger partial charge is 0.294 e. The fourth-order valence-electron chi connectivity index (χ4n) is 1.32. The van der Waals surface area contributed by atoms with Gasteiger partial charge in [-0.3, -0.25) is 9.00 Å². The number of ketones is 1. The van der Waals surface area contributed by atoms with E-state index in [2.05, 4.69) is 0 Å². The summed E-state index contributed by atoms with van der Waals surface area (Å²) in [5.74, 6) is 0.594. The maximum Gasteiger partial charge on any atom is 0.163 e. The van der Waals surface area contributed by atoms with Gasteiger partial charge in [0.2, 0.25) is 0 Å². The molecule has 0 aliphatic heterocycles. The van der Waals surface area contributed by atoms with Crippen LogP contribution in [0, 0.1) is 5.82 Å². The third-order valence-corrected chi connectivity index (χ3v) is 3.68. The number of hydrogen-bond donors (Lipinski definition) is 0. The molecule has 0 fully saturated rings. The number of benzene rings is 1. The van der Waals surface area contributed by atoms with Crippen molar-refractivity contribution in [3.8, 4) is 0 Å². The molecule has 88 valence electrons. The molecule has 0 spiro atoms. The van der Waals surface area contributed by atoms with E-state index >= 15 is 0 Å². The Labute approximate surface area is 97.3 Å². The van der Waals surface area contributed by atoms with Crippen molar-refractivity contribution in [2.45, 2.75) is 19.8 Å². The van der Waals surface area contributed by atoms with Crippen LogP contribution < -0.4 is 0 Å². The summed E-state index contributed by atoms with van der Waals surface area (Å²) in [7, 11) is -0.914. The Hall–Kier alpha value is -1.03. The van der Waals surface area contributed by atoms with Crippen LogP contribution in [0.2, 0.25) is 0 Å². The Morgan fingerprint density at radius 2 is 1.88 bits per heavy atom. The van der Waals surface area contributed by atoms with E-state index in [1.165, 1.54) is 24.3 Å². The Balaban J connectivity index is 2.47. The lowest BCUT2D eigenvalue weighted by atomic mass is 10.1. The van der Waals surface area contributed by atoms with E-state index in [0.29, 0.717) is 17.1 Å². The molecule has 0 saturated heterocycles. The van der Waals surface area contributed by atoms with Crippen LogP contribution in [0.15, 0.2) is 24.3 Å². The third-order valence-electron chi connectivity index (χ3n) is 2.15. The molecule has 0 saturated carbocycles. The number of halogens is 1. The van der Waals surface area contributed by atoms with Crippen molar-refractivity contribution < 1.29 is 13.4 Å². The van der Waals surface area contributed by atoms with Gasteiger partial charge in [-0.1, -0.05) is 6.92 Å². The molecule has 2 nitrogen and oxygen atoms in total. The zero-order chi connectivity index (χ0) is 12.0. The van der Waals surface area contributed by atoms with Gasteiger partial charge < -0.3 is 0 Å². The summed E-state index contributed by atoms with van der Waals surface area (Å²) < 4.78 is 23.9. The van der Waals surface area contributed by atoms with Crippen LogP contribution in [0.4, 0.5) is 4.39 Å². The maximum absolute atomic E-state index is 12.6. The quantitative estimate of drug-likeness (QED) is 0.718. The van der Waals surface area contributed by atoms with Gasteiger partial charge >= 0.3 is 0 Å². The van der Waals surface area contributed by atoms with Gasteiger partial charge in [-0.2, -0.15) is 0 Å². The Kier molecular flexibility index (Phi) is 5.32. The minimum Gasteiger partial charge on any atom is -0.294 e. The Bertz CT molecular complexity index is 373. The standard InChI is InChI=1S/C12H15FO2S/c1-2-8-16(15)9-7-12(14)10-3-5-11(13)6-4-10/h3-6H,2,7-9H2,1H3. The van der Waals surface area contributed by atoms with Crippen LogP contribution in [0.25, 0.3) is 0 Å². The highest BCUT2D eigenvalue weighted by atomic mass is 32.2. The third kappa shape index (κ3) is 4.23. The highest BCUT2D eigenvalue weighted by Crippen LogP contribution is 2.06. The molecule has 1 aromatic rings. The van der Waals surface area contributed by atoms with Gasteiger partial charge in [0, 0.05) is 34.3 Å². The molecule has 1 rings (SSSR count). The molecular weight excluding hydrogens is 227 g/mol. The fourth-order valence-corrected chi connectivity index (χ4v) is 2.39. The first kappa shape index (κ1) is 13.0. The summed E-state index contributed by atoms with van der Waals surface area (Å²) in [5, 5.41) is 0. The molecule has 1 atom stereocenters. The molecule has 4 heteroatoms. The molecule has 0 aliphatic carbocycles. The summed E-state index contributed by atoms with van der Waals surface area (Å²) >= 11 is 0. The smallest absolute Gasteiger partial charge is 0.163 e. The second-order valence-corrected chi connectivity index (χ2v) is 5.22. The van der Waals surface area contributed by atoms with Gasteiger partial charge in [-0.25, -0.2) is 4.39 Å². The van der Waals surface area contributed by atoms with Crippen LogP contribution in [-0.4, -0.2) is 21.5 Å². The van der Waals surface area contributed by atoms with E-state index in [9.17, 15) is 13.4 Å². The lowest BCUT2D eigenvalue weighted by Gasteiger charge is -2.01. The maximum atomic E-state index is 12.6. The Morgan fingerprint density at radius 1 is 1.25 bits per heavy atom. The fraction of sp³-hybridized carbons (Fsp3) is 0.417. The topological polar surface area (TPSA) is 34.1 Å². The predicted molar refractivity (Wildman–Crippen MR) is 63.5 cm³/mol. The summed E-state index contributed by atoms with van der Waals surface area (Å²) in [6.07, 6.45) is 1.12. The average Bonchev–Trinajstić information content (AvgIpc) is 2.27. The molecule has 0 radical (unpaired) electrons. The lowest BCUT2D eigenvalue weighted by molar-refractivity contribution is 0.0989. The molecule has 0 bridgehead atoms. The zero-order valence-electron chi connectivity index (χ0n) is 9.24. The van der Waals surface area contributed by atoms with Crippen molar-refractivity contribution in [2.24, 2.45) is 0 Å². The molecule has 1 aromatic carbocycles. The summed E-state index contributed by atoms with van der Waals surface area (Å²) in [6.45, 7) is 1.96. The number of hydrogen-bond acceptors (Lipinski definition) is 2. The lowest BCUT2D eigenvalue weighted by Crippen LogP contribution is -2.08. The minimum absolute atomic E-state index is 0.0792. The molecule has 0 aromatic heterocycles. The van der Waals surface area contributed by atoms with Crippen molar-refractivity contribution in [3.63, 3.8) is 0 Å². The monoisotopic (exact) mass is 242 g/mol. The van der Waals surface area contributed by atoms with Gasteiger partial charge in [0.25, 0.3) is 0 Å². The molecule has 0 heterocycles. The first-order chi connectivity index (χ1) is 7.63. The first-order valence-electron chi connectivity index (χ1n) is 5.27. The van der Waals surface area contributed by atoms with Crippen molar-refractivity contribution in [2.75, 3.05) is 11.5 Å². The van der Waals surface area contributed by atoms with Gasteiger partial charge in [0.15, 0.2) is 5.78 Å². The van der Waals surface area contributed by atoms with E-state index in [1.807, 2.05) is 6.92 Å². The van der Waals surface area contributed by atoms with E-state index in [4.69, 9.17) is 0 Å². The van der Waals surface area contributed by atoms with Gasteiger partial charge in [-0.15, -0.1) is 0 Å². The van der Waals surface area contributed by atoms with E-state index in [0.717, 1.165) is 6.42 Å². The highest BCUT2D eigenvalue weighted by molar-refractivity contribution is 7.84. The predicted octanol–water partition coefficient (Wildman–Crippen LogP) is 2.56. The van der Waals surface area contributed by atoms with Gasteiger partial charge in [-0.05, 0) is 30.7 Å². The molecule has 1 unspecified atom stereocenters. The highest BCUT2D eigenvalue weighted by Gasteiger charge is 2.07. The molecule has 16 heavy (non-hydrogen) atoms. The first-order valence-corrected chi connectivity index (χ1v) is 6.76. The van der Waals surface area contributed by atoms with Crippen molar-refractivity contribution >= 4 is 16.6 Å². The van der Waals surface area contributed by atoms with Crippen molar-refractivity contribution in [3.05, 3.63) is 35.6 Å². The number of carbonyl (C=O) groups excluding carboxylic acids is 1. The number of rotatable bonds is 6. The van der Waals surface area contributed by atoms with E-state index < -0.39 is 10.8 Å². The van der Waals surface area contributed by atoms with Crippen LogP contribution in [0.5, 0.6) is 0 Å². The average molecular weight is 242 g/mol. The van der Waals surface area contributed by atoms with Crippen LogP contribution in [-0.2, 0) is 10.8 Å². The molecule has 0 amide bonds. The summed E-state index contributed by atoms with van der Waals surface area (Å²) in [5.41, 5.74) is 0.481. The van der Waals surface area contributed by atoms with Crippen molar-refractivity contribution in [1.29, 1.82) is 0 Å².